The number of likely N-dealkylation sites (tertiary alicyclic amines) is 1. The molecule has 0 spiro atoms. The third-order valence-electron chi connectivity index (χ3n) is 6.46. The van der Waals surface area contributed by atoms with Gasteiger partial charge in [-0.05, 0) is 36.4 Å². The van der Waals surface area contributed by atoms with Crippen molar-refractivity contribution in [1.29, 1.82) is 0 Å². The normalized spacial score (nSPS) is 18.1. The van der Waals surface area contributed by atoms with Gasteiger partial charge in [0.25, 0.3) is 5.91 Å². The van der Waals surface area contributed by atoms with Crippen LogP contribution in [0.25, 0.3) is 16.7 Å². The maximum absolute atomic E-state index is 15.6. The van der Waals surface area contributed by atoms with Crippen LogP contribution in [-0.4, -0.2) is 44.8 Å². The van der Waals surface area contributed by atoms with E-state index in [1.165, 1.54) is 29.3 Å². The number of hydrogen-bond acceptors (Lipinski definition) is 4. The number of hydrogen-bond donors (Lipinski definition) is 0. The molecule has 2 aromatic carbocycles. The number of rotatable bonds is 5. The van der Waals surface area contributed by atoms with Crippen LogP contribution in [0.4, 0.5) is 17.6 Å². The van der Waals surface area contributed by atoms with Crippen LogP contribution in [0, 0.1) is 0 Å². The minimum Gasteiger partial charge on any atom is -0.404 e. The minimum absolute atomic E-state index is 0.0938. The fraction of sp³-hybridized carbons (Fsp3) is 0.296. The summed E-state index contributed by atoms with van der Waals surface area (Å²) in [7, 11) is 0. The zero-order valence-corrected chi connectivity index (χ0v) is 20.2. The molecule has 0 N–H and O–H groups in total. The highest BCUT2D eigenvalue weighted by Crippen LogP contribution is 2.37. The molecule has 4 aromatic rings. The number of fused-ring (bicyclic) bond motifs is 1. The smallest absolute Gasteiger partial charge is 0.404 e. The summed E-state index contributed by atoms with van der Waals surface area (Å²) in [5.41, 5.74) is 0.221. The number of alkyl halides is 4. The number of imidazole rings is 1. The Balaban J connectivity index is 1.50. The molecule has 1 unspecified atom stereocenters. The Hall–Kier alpha value is -3.95. The van der Waals surface area contributed by atoms with Gasteiger partial charge in [-0.3, -0.25) is 14.3 Å². The van der Waals surface area contributed by atoms with Crippen molar-refractivity contribution >= 4 is 16.9 Å². The zero-order chi connectivity index (χ0) is 26.4. The number of nitrogens with zero attached hydrogens (tertiary/aromatic N) is 4. The van der Waals surface area contributed by atoms with Crippen molar-refractivity contribution in [2.24, 2.45) is 0 Å². The summed E-state index contributed by atoms with van der Waals surface area (Å²) in [6.07, 6.45) is -1.66. The van der Waals surface area contributed by atoms with Crippen molar-refractivity contribution in [3.8, 4) is 11.4 Å². The van der Waals surface area contributed by atoms with Crippen LogP contribution in [0.1, 0.15) is 47.9 Å². The first-order valence-corrected chi connectivity index (χ1v) is 11.8. The molecule has 1 aliphatic rings. The summed E-state index contributed by atoms with van der Waals surface area (Å²) < 4.78 is 60.7. The lowest BCUT2D eigenvalue weighted by molar-refractivity contribution is -0.274. The summed E-state index contributed by atoms with van der Waals surface area (Å²) in [4.78, 5) is 23.4. The first-order chi connectivity index (χ1) is 17.6. The Labute approximate surface area is 210 Å². The number of benzene rings is 2. The summed E-state index contributed by atoms with van der Waals surface area (Å²) in [6, 6.07) is 14.0. The van der Waals surface area contributed by atoms with Crippen molar-refractivity contribution in [3.05, 3.63) is 83.9 Å². The predicted molar refractivity (Wildman–Crippen MR) is 129 cm³/mol. The summed E-state index contributed by atoms with van der Waals surface area (Å²) in [5, 5.41) is 0. The van der Waals surface area contributed by atoms with Crippen LogP contribution in [0.2, 0.25) is 0 Å². The number of aromatic nitrogens is 3. The van der Waals surface area contributed by atoms with Crippen molar-refractivity contribution < 1.29 is 27.1 Å². The summed E-state index contributed by atoms with van der Waals surface area (Å²) in [5.74, 6) is -0.330. The Bertz CT molecular complexity index is 1450. The quantitative estimate of drug-likeness (QED) is 0.301. The number of amides is 1. The van der Waals surface area contributed by atoms with Gasteiger partial charge in [0.15, 0.2) is 11.4 Å². The first-order valence-electron chi connectivity index (χ1n) is 11.8. The van der Waals surface area contributed by atoms with E-state index in [1.807, 2.05) is 13.8 Å². The third kappa shape index (κ3) is 4.75. The van der Waals surface area contributed by atoms with Gasteiger partial charge in [-0.1, -0.05) is 32.0 Å². The Morgan fingerprint density at radius 1 is 1.11 bits per heavy atom. The molecule has 10 heteroatoms. The molecule has 0 bridgehead atoms. The molecule has 0 radical (unpaired) electrons. The second-order valence-electron chi connectivity index (χ2n) is 9.36. The number of para-hydroxylation sites is 2. The highest BCUT2D eigenvalue weighted by Gasteiger charge is 2.42. The Kier molecular flexibility index (Phi) is 6.13. The van der Waals surface area contributed by atoms with E-state index in [4.69, 9.17) is 0 Å². The number of carbonyl (C=O) groups is 1. The standard InChI is InChI=1S/C27H24F4N4O2/c1-17(2)24-33-20-14-18(25(36)34-13-11-26(28,16-34)19-6-5-12-32-15-19)9-10-21(20)35(24)22-7-3-4-8-23(22)37-27(29,30)31/h3-10,12,14-15,17H,11,13,16H2,1-2H3. The molecule has 1 atom stereocenters. The van der Waals surface area contributed by atoms with Crippen molar-refractivity contribution in [2.45, 2.75) is 38.2 Å². The van der Waals surface area contributed by atoms with Crippen LogP contribution >= 0.6 is 0 Å². The largest absolute Gasteiger partial charge is 0.573 e. The molecular weight excluding hydrogens is 488 g/mol. The van der Waals surface area contributed by atoms with Gasteiger partial charge in [0, 0.05) is 42.4 Å². The number of pyridine rings is 1. The average Bonchev–Trinajstić information content (AvgIpc) is 3.45. The lowest BCUT2D eigenvalue weighted by Gasteiger charge is -2.21. The molecule has 0 aliphatic carbocycles. The molecule has 1 saturated heterocycles. The van der Waals surface area contributed by atoms with E-state index in [-0.39, 0.29) is 42.8 Å². The average molecular weight is 513 g/mol. The van der Waals surface area contributed by atoms with Crippen LogP contribution in [-0.2, 0) is 5.67 Å². The van der Waals surface area contributed by atoms with E-state index in [1.54, 1.807) is 47.2 Å². The van der Waals surface area contributed by atoms with E-state index >= 15 is 4.39 Å². The Morgan fingerprint density at radius 2 is 1.89 bits per heavy atom. The second kappa shape index (κ2) is 9.17. The molecule has 1 aliphatic heterocycles. The zero-order valence-electron chi connectivity index (χ0n) is 20.2. The molecule has 0 saturated carbocycles. The minimum atomic E-state index is -4.86. The molecule has 5 rings (SSSR count). The van der Waals surface area contributed by atoms with Gasteiger partial charge in [0.2, 0.25) is 0 Å². The number of halogens is 4. The molecular formula is C27H24F4N4O2. The van der Waals surface area contributed by atoms with Crippen molar-refractivity contribution in [2.75, 3.05) is 13.1 Å². The molecule has 1 fully saturated rings. The van der Waals surface area contributed by atoms with Gasteiger partial charge >= 0.3 is 6.36 Å². The highest BCUT2D eigenvalue weighted by molar-refractivity contribution is 5.98. The van der Waals surface area contributed by atoms with Gasteiger partial charge in [0.05, 0.1) is 23.3 Å². The molecule has 1 amide bonds. The van der Waals surface area contributed by atoms with Gasteiger partial charge in [-0.2, -0.15) is 0 Å². The molecule has 2 aromatic heterocycles. The highest BCUT2D eigenvalue weighted by atomic mass is 19.4. The molecule has 37 heavy (non-hydrogen) atoms. The van der Waals surface area contributed by atoms with Gasteiger partial charge in [-0.15, -0.1) is 13.2 Å². The van der Waals surface area contributed by atoms with Gasteiger partial charge in [0.1, 0.15) is 5.82 Å². The summed E-state index contributed by atoms with van der Waals surface area (Å²) >= 11 is 0. The van der Waals surface area contributed by atoms with E-state index in [9.17, 15) is 18.0 Å². The molecule has 3 heterocycles. The maximum atomic E-state index is 15.6. The molecule has 6 nitrogen and oxygen atoms in total. The van der Waals surface area contributed by atoms with Gasteiger partial charge in [-0.25, -0.2) is 9.37 Å². The predicted octanol–water partition coefficient (Wildman–Crippen LogP) is 6.15. The van der Waals surface area contributed by atoms with Crippen LogP contribution in [0.3, 0.4) is 0 Å². The lowest BCUT2D eigenvalue weighted by Crippen LogP contribution is -2.32. The fourth-order valence-corrected chi connectivity index (χ4v) is 4.72. The van der Waals surface area contributed by atoms with Crippen LogP contribution in [0.15, 0.2) is 67.0 Å². The third-order valence-corrected chi connectivity index (χ3v) is 6.46. The van der Waals surface area contributed by atoms with E-state index < -0.39 is 12.0 Å². The molecule has 192 valence electrons. The van der Waals surface area contributed by atoms with Crippen molar-refractivity contribution in [1.82, 2.24) is 19.4 Å². The Morgan fingerprint density at radius 3 is 2.59 bits per heavy atom. The van der Waals surface area contributed by atoms with Crippen LogP contribution in [0.5, 0.6) is 5.75 Å². The van der Waals surface area contributed by atoms with Crippen LogP contribution < -0.4 is 4.74 Å². The number of carbonyl (C=O) groups excluding carboxylic acids is 1. The van der Waals surface area contributed by atoms with E-state index in [0.717, 1.165) is 0 Å². The maximum Gasteiger partial charge on any atom is 0.573 e. The van der Waals surface area contributed by atoms with E-state index in [0.29, 0.717) is 28.0 Å². The number of ether oxygens (including phenoxy) is 1. The van der Waals surface area contributed by atoms with Crippen molar-refractivity contribution in [3.63, 3.8) is 0 Å². The topological polar surface area (TPSA) is 60.2 Å². The SMILES string of the molecule is CC(C)c1nc2cc(C(=O)N3CCC(F)(c4cccnc4)C3)ccc2n1-c1ccccc1OC(F)(F)F. The fourth-order valence-electron chi connectivity index (χ4n) is 4.72. The first kappa shape index (κ1) is 24.7. The van der Waals surface area contributed by atoms with Gasteiger partial charge < -0.3 is 9.64 Å². The lowest BCUT2D eigenvalue weighted by atomic mass is 9.97. The summed E-state index contributed by atoms with van der Waals surface area (Å²) in [6.45, 7) is 3.90. The van der Waals surface area contributed by atoms with E-state index in [2.05, 4.69) is 14.7 Å². The monoisotopic (exact) mass is 512 g/mol. The second-order valence-corrected chi connectivity index (χ2v) is 9.36.